The summed E-state index contributed by atoms with van der Waals surface area (Å²) in [5, 5.41) is 11.9. The van der Waals surface area contributed by atoms with Gasteiger partial charge in [-0.1, -0.05) is 13.8 Å². The molecule has 0 unspecified atom stereocenters. The Labute approximate surface area is 116 Å². The molecule has 0 aliphatic heterocycles. The highest BCUT2D eigenvalue weighted by molar-refractivity contribution is 5.53. The molecule has 5 heteroatoms. The number of halogens is 3. The lowest BCUT2D eigenvalue weighted by atomic mass is 9.73. The summed E-state index contributed by atoms with van der Waals surface area (Å²) in [6, 6.07) is 5.61. The first kappa shape index (κ1) is 14.7. The van der Waals surface area contributed by atoms with Crippen molar-refractivity contribution in [1.82, 2.24) is 0 Å². The summed E-state index contributed by atoms with van der Waals surface area (Å²) in [5.74, 6) is 1.26. The van der Waals surface area contributed by atoms with Crippen molar-refractivity contribution in [3.05, 3.63) is 29.3 Å². The van der Waals surface area contributed by atoms with E-state index in [-0.39, 0.29) is 11.6 Å². The first-order valence-electron chi connectivity index (χ1n) is 6.69. The van der Waals surface area contributed by atoms with Crippen molar-refractivity contribution in [1.29, 1.82) is 5.26 Å². The lowest BCUT2D eigenvalue weighted by Gasteiger charge is -2.39. The van der Waals surface area contributed by atoms with Gasteiger partial charge in [-0.25, -0.2) is 0 Å². The minimum atomic E-state index is -4.50. The molecule has 1 fully saturated rings. The Morgan fingerprint density at radius 1 is 1.30 bits per heavy atom. The van der Waals surface area contributed by atoms with Crippen LogP contribution in [0, 0.1) is 23.2 Å². The average molecular weight is 282 g/mol. The van der Waals surface area contributed by atoms with Crippen LogP contribution < -0.4 is 5.32 Å². The maximum Gasteiger partial charge on any atom is 0.417 e. The summed E-state index contributed by atoms with van der Waals surface area (Å²) in [4.78, 5) is 0. The topological polar surface area (TPSA) is 35.8 Å². The second kappa shape index (κ2) is 5.35. The van der Waals surface area contributed by atoms with E-state index < -0.39 is 11.7 Å². The van der Waals surface area contributed by atoms with Gasteiger partial charge in [-0.05, 0) is 42.9 Å². The van der Waals surface area contributed by atoms with E-state index >= 15 is 0 Å². The summed E-state index contributed by atoms with van der Waals surface area (Å²) in [5.41, 5.74) is -0.773. The molecule has 0 spiro atoms. The molecule has 0 heterocycles. The van der Waals surface area contributed by atoms with Gasteiger partial charge in [0, 0.05) is 11.7 Å². The Bertz CT molecular complexity index is 523. The predicted octanol–water partition coefficient (Wildman–Crippen LogP) is 4.42. The predicted molar refractivity (Wildman–Crippen MR) is 71.1 cm³/mol. The number of nitrogens with one attached hydrogen (secondary N) is 1. The molecule has 0 amide bonds. The highest BCUT2D eigenvalue weighted by Crippen LogP contribution is 2.37. The van der Waals surface area contributed by atoms with E-state index in [1.807, 2.05) is 0 Å². The standard InChI is InChI=1S/C15H17F3N2/c1-9(2)11-5-13(6-11)20-12-4-3-10(8-19)14(7-12)15(16,17)18/h3-4,7,9,11,13,20H,5-6H2,1-2H3. The number of rotatable bonds is 3. The molecule has 1 saturated carbocycles. The molecule has 1 aliphatic rings. The van der Waals surface area contributed by atoms with Crippen LogP contribution in [0.15, 0.2) is 18.2 Å². The summed E-state index contributed by atoms with van der Waals surface area (Å²) < 4.78 is 38.5. The van der Waals surface area contributed by atoms with Crippen LogP contribution in [-0.2, 0) is 6.18 Å². The Balaban J connectivity index is 2.09. The highest BCUT2D eigenvalue weighted by Gasteiger charge is 2.35. The number of alkyl halides is 3. The molecule has 2 nitrogen and oxygen atoms in total. The van der Waals surface area contributed by atoms with Gasteiger partial charge in [0.2, 0.25) is 0 Å². The molecule has 0 atom stereocenters. The van der Waals surface area contributed by atoms with Gasteiger partial charge in [0.05, 0.1) is 17.2 Å². The zero-order valence-electron chi connectivity index (χ0n) is 11.5. The van der Waals surface area contributed by atoms with Gasteiger partial charge in [0.25, 0.3) is 0 Å². The van der Waals surface area contributed by atoms with Crippen LogP contribution >= 0.6 is 0 Å². The van der Waals surface area contributed by atoms with Crippen LogP contribution in [0.1, 0.15) is 37.8 Å². The molecule has 108 valence electrons. The van der Waals surface area contributed by atoms with Crippen LogP contribution in [0.4, 0.5) is 18.9 Å². The van der Waals surface area contributed by atoms with E-state index in [1.165, 1.54) is 12.1 Å². The number of nitrogens with zero attached hydrogens (tertiary/aromatic N) is 1. The molecule has 1 aromatic rings. The van der Waals surface area contributed by atoms with Crippen LogP contribution in [0.5, 0.6) is 0 Å². The summed E-state index contributed by atoms with van der Waals surface area (Å²) in [7, 11) is 0. The zero-order chi connectivity index (χ0) is 14.9. The van der Waals surface area contributed by atoms with E-state index in [2.05, 4.69) is 19.2 Å². The third-order valence-electron chi connectivity index (χ3n) is 3.93. The number of hydrogen-bond acceptors (Lipinski definition) is 2. The summed E-state index contributed by atoms with van der Waals surface area (Å²) >= 11 is 0. The van der Waals surface area contributed by atoms with Gasteiger partial charge >= 0.3 is 6.18 Å². The Morgan fingerprint density at radius 3 is 2.45 bits per heavy atom. The van der Waals surface area contributed by atoms with Gasteiger partial charge in [-0.3, -0.25) is 0 Å². The van der Waals surface area contributed by atoms with E-state index in [4.69, 9.17) is 5.26 Å². The smallest absolute Gasteiger partial charge is 0.382 e. The molecule has 0 aromatic heterocycles. The van der Waals surface area contributed by atoms with Crippen LogP contribution in [0.2, 0.25) is 0 Å². The van der Waals surface area contributed by atoms with Gasteiger partial charge in [0.15, 0.2) is 0 Å². The first-order valence-corrected chi connectivity index (χ1v) is 6.69. The van der Waals surface area contributed by atoms with E-state index in [0.717, 1.165) is 18.9 Å². The molecule has 2 rings (SSSR count). The molecule has 0 saturated heterocycles. The maximum absolute atomic E-state index is 12.8. The molecule has 1 aliphatic carbocycles. The molecular weight excluding hydrogens is 265 g/mol. The number of nitriles is 1. The third kappa shape index (κ3) is 3.06. The lowest BCUT2D eigenvalue weighted by molar-refractivity contribution is -0.137. The van der Waals surface area contributed by atoms with Crippen molar-refractivity contribution < 1.29 is 13.2 Å². The normalized spacial score (nSPS) is 22.2. The van der Waals surface area contributed by atoms with Crippen LogP contribution in [0.25, 0.3) is 0 Å². The summed E-state index contributed by atoms with van der Waals surface area (Å²) in [6.07, 6.45) is -2.53. The third-order valence-corrected chi connectivity index (χ3v) is 3.93. The molecule has 0 radical (unpaired) electrons. The number of anilines is 1. The molecule has 0 bridgehead atoms. The van der Waals surface area contributed by atoms with Crippen molar-refractivity contribution in [3.8, 4) is 6.07 Å². The number of benzene rings is 1. The van der Waals surface area contributed by atoms with Crippen LogP contribution in [-0.4, -0.2) is 6.04 Å². The Kier molecular flexibility index (Phi) is 3.94. The van der Waals surface area contributed by atoms with Crippen molar-refractivity contribution in [2.45, 2.75) is 38.9 Å². The first-order chi connectivity index (χ1) is 9.31. The van der Waals surface area contributed by atoms with Gasteiger partial charge < -0.3 is 5.32 Å². The fourth-order valence-electron chi connectivity index (χ4n) is 2.53. The lowest BCUT2D eigenvalue weighted by Crippen LogP contribution is -2.37. The van der Waals surface area contributed by atoms with Gasteiger partial charge in [-0.2, -0.15) is 18.4 Å². The molecular formula is C15H17F3N2. The minimum absolute atomic E-state index is 0.233. The van der Waals surface area contributed by atoms with Crippen LogP contribution in [0.3, 0.4) is 0 Å². The average Bonchev–Trinajstić information content (AvgIpc) is 2.31. The van der Waals surface area contributed by atoms with Crippen molar-refractivity contribution in [2.24, 2.45) is 11.8 Å². The Hall–Kier alpha value is -1.70. The highest BCUT2D eigenvalue weighted by atomic mass is 19.4. The van der Waals surface area contributed by atoms with Crippen molar-refractivity contribution >= 4 is 5.69 Å². The SMILES string of the molecule is CC(C)C1CC(Nc2ccc(C#N)c(C(F)(F)F)c2)C1. The van der Waals surface area contributed by atoms with E-state index in [1.54, 1.807) is 6.07 Å². The Morgan fingerprint density at radius 2 is 1.95 bits per heavy atom. The summed E-state index contributed by atoms with van der Waals surface area (Å²) in [6.45, 7) is 4.31. The molecule has 20 heavy (non-hydrogen) atoms. The fourth-order valence-corrected chi connectivity index (χ4v) is 2.53. The van der Waals surface area contributed by atoms with E-state index in [9.17, 15) is 13.2 Å². The molecule has 1 N–H and O–H groups in total. The van der Waals surface area contributed by atoms with Crippen molar-refractivity contribution in [2.75, 3.05) is 5.32 Å². The second-order valence-corrected chi connectivity index (χ2v) is 5.69. The van der Waals surface area contributed by atoms with Gasteiger partial charge in [-0.15, -0.1) is 0 Å². The van der Waals surface area contributed by atoms with Crippen molar-refractivity contribution in [3.63, 3.8) is 0 Å². The molecule has 1 aromatic carbocycles. The largest absolute Gasteiger partial charge is 0.417 e. The second-order valence-electron chi connectivity index (χ2n) is 5.69. The quantitative estimate of drug-likeness (QED) is 0.890. The van der Waals surface area contributed by atoms with E-state index in [0.29, 0.717) is 17.5 Å². The number of hydrogen-bond donors (Lipinski definition) is 1. The van der Waals surface area contributed by atoms with Gasteiger partial charge in [0.1, 0.15) is 0 Å². The monoisotopic (exact) mass is 282 g/mol. The maximum atomic E-state index is 12.8. The fraction of sp³-hybridized carbons (Fsp3) is 0.533. The minimum Gasteiger partial charge on any atom is -0.382 e. The zero-order valence-corrected chi connectivity index (χ0v) is 11.5.